The summed E-state index contributed by atoms with van der Waals surface area (Å²) < 4.78 is 0. The van der Waals surface area contributed by atoms with Crippen molar-refractivity contribution in [3.63, 3.8) is 0 Å². The quantitative estimate of drug-likeness (QED) is 0.849. The van der Waals surface area contributed by atoms with Gasteiger partial charge in [0.05, 0.1) is 5.51 Å². The number of aromatic nitrogens is 3. The third-order valence-corrected chi connectivity index (χ3v) is 4.16. The second kappa shape index (κ2) is 5.54. The maximum atomic E-state index is 4.39. The number of nitrogens with zero attached hydrogens (tertiary/aromatic N) is 4. The number of thiazole rings is 1. The molecule has 0 spiro atoms. The summed E-state index contributed by atoms with van der Waals surface area (Å²) in [6, 6.07) is 2.04. The van der Waals surface area contributed by atoms with E-state index in [9.17, 15) is 0 Å². The largest absolute Gasteiger partial charge is 0.298 e. The summed E-state index contributed by atoms with van der Waals surface area (Å²) in [5, 5.41) is 0. The molecule has 0 amide bonds. The zero-order valence-electron chi connectivity index (χ0n) is 10.2. The molecule has 1 atom stereocenters. The second-order valence-corrected chi connectivity index (χ2v) is 5.65. The smallest absolute Gasteiger partial charge is 0.115 e. The molecule has 94 valence electrons. The second-order valence-electron chi connectivity index (χ2n) is 4.68. The first-order chi connectivity index (χ1) is 8.92. The SMILES string of the molecule is c1cc([C@@H]2CCCN(Cc3cncs3)C2)ncn1. The van der Waals surface area contributed by atoms with Crippen LogP contribution in [0.4, 0.5) is 0 Å². The highest BCUT2D eigenvalue weighted by atomic mass is 32.1. The summed E-state index contributed by atoms with van der Waals surface area (Å²) in [7, 11) is 0. The molecule has 2 aromatic heterocycles. The Kier molecular flexibility index (Phi) is 3.61. The standard InChI is InChI=1S/C13H16N4S/c1-2-11(13-3-4-14-9-16-13)7-17(5-1)8-12-6-15-10-18-12/h3-4,6,9-11H,1-2,5,7-8H2/t11-/m1/s1. The average Bonchev–Trinajstić information content (AvgIpc) is 2.93. The number of rotatable bonds is 3. The number of hydrogen-bond acceptors (Lipinski definition) is 5. The van der Waals surface area contributed by atoms with E-state index in [-0.39, 0.29) is 0 Å². The van der Waals surface area contributed by atoms with Crippen LogP contribution < -0.4 is 0 Å². The van der Waals surface area contributed by atoms with Crippen LogP contribution in [0.3, 0.4) is 0 Å². The Morgan fingerprint density at radius 3 is 3.17 bits per heavy atom. The van der Waals surface area contributed by atoms with Gasteiger partial charge >= 0.3 is 0 Å². The summed E-state index contributed by atoms with van der Waals surface area (Å²) in [6.07, 6.45) is 7.94. The van der Waals surface area contributed by atoms with Gasteiger partial charge in [-0.15, -0.1) is 11.3 Å². The first-order valence-corrected chi connectivity index (χ1v) is 7.15. The van der Waals surface area contributed by atoms with Gasteiger partial charge in [0.15, 0.2) is 0 Å². The molecule has 0 radical (unpaired) electrons. The molecule has 18 heavy (non-hydrogen) atoms. The van der Waals surface area contributed by atoms with Crippen molar-refractivity contribution in [2.75, 3.05) is 13.1 Å². The summed E-state index contributed by atoms with van der Waals surface area (Å²) in [4.78, 5) is 16.4. The predicted molar refractivity (Wildman–Crippen MR) is 71.4 cm³/mol. The lowest BCUT2D eigenvalue weighted by Gasteiger charge is -2.31. The molecule has 2 aromatic rings. The van der Waals surface area contributed by atoms with Crippen molar-refractivity contribution in [3.8, 4) is 0 Å². The summed E-state index contributed by atoms with van der Waals surface area (Å²) >= 11 is 1.74. The van der Waals surface area contributed by atoms with E-state index in [4.69, 9.17) is 0 Å². The van der Waals surface area contributed by atoms with Crippen LogP contribution in [0.25, 0.3) is 0 Å². The van der Waals surface area contributed by atoms with Gasteiger partial charge in [-0.3, -0.25) is 9.88 Å². The van der Waals surface area contributed by atoms with E-state index in [0.717, 1.165) is 13.1 Å². The van der Waals surface area contributed by atoms with Crippen LogP contribution in [0.2, 0.25) is 0 Å². The normalized spacial score (nSPS) is 21.0. The molecule has 3 heterocycles. The maximum absolute atomic E-state index is 4.39. The highest BCUT2D eigenvalue weighted by molar-refractivity contribution is 7.09. The minimum atomic E-state index is 0.551. The van der Waals surface area contributed by atoms with Crippen LogP contribution in [-0.4, -0.2) is 32.9 Å². The lowest BCUT2D eigenvalue weighted by Crippen LogP contribution is -2.33. The zero-order chi connectivity index (χ0) is 12.2. The van der Waals surface area contributed by atoms with Gasteiger partial charge in [0, 0.05) is 42.0 Å². The van der Waals surface area contributed by atoms with Gasteiger partial charge in [0.25, 0.3) is 0 Å². The van der Waals surface area contributed by atoms with E-state index in [1.165, 1.54) is 30.0 Å². The van der Waals surface area contributed by atoms with Crippen LogP contribution >= 0.6 is 11.3 Å². The van der Waals surface area contributed by atoms with Crippen molar-refractivity contribution >= 4 is 11.3 Å². The Labute approximate surface area is 111 Å². The first kappa shape index (κ1) is 11.7. The molecule has 0 N–H and O–H groups in total. The first-order valence-electron chi connectivity index (χ1n) is 6.27. The van der Waals surface area contributed by atoms with E-state index in [1.807, 2.05) is 24.0 Å². The molecule has 1 fully saturated rings. The fraction of sp³-hybridized carbons (Fsp3) is 0.462. The van der Waals surface area contributed by atoms with E-state index in [0.29, 0.717) is 5.92 Å². The van der Waals surface area contributed by atoms with Gasteiger partial charge in [-0.1, -0.05) is 0 Å². The van der Waals surface area contributed by atoms with Crippen molar-refractivity contribution < 1.29 is 0 Å². The molecule has 0 aliphatic carbocycles. The van der Waals surface area contributed by atoms with Gasteiger partial charge < -0.3 is 0 Å². The number of hydrogen-bond donors (Lipinski definition) is 0. The van der Waals surface area contributed by atoms with E-state index < -0.39 is 0 Å². The molecule has 1 saturated heterocycles. The minimum Gasteiger partial charge on any atom is -0.298 e. The molecule has 4 nitrogen and oxygen atoms in total. The highest BCUT2D eigenvalue weighted by Gasteiger charge is 2.22. The Morgan fingerprint density at radius 2 is 2.39 bits per heavy atom. The minimum absolute atomic E-state index is 0.551. The van der Waals surface area contributed by atoms with Gasteiger partial charge in [-0.05, 0) is 25.5 Å². The summed E-state index contributed by atoms with van der Waals surface area (Å²) in [5.74, 6) is 0.551. The predicted octanol–water partition coefficient (Wildman–Crippen LogP) is 2.31. The van der Waals surface area contributed by atoms with Crippen molar-refractivity contribution in [1.29, 1.82) is 0 Å². The monoisotopic (exact) mass is 260 g/mol. The zero-order valence-corrected chi connectivity index (χ0v) is 11.0. The third kappa shape index (κ3) is 2.73. The lowest BCUT2D eigenvalue weighted by molar-refractivity contribution is 0.200. The summed E-state index contributed by atoms with van der Waals surface area (Å²) in [6.45, 7) is 3.29. The fourth-order valence-electron chi connectivity index (χ4n) is 2.52. The van der Waals surface area contributed by atoms with Crippen LogP contribution in [-0.2, 0) is 6.54 Å². The average molecular weight is 260 g/mol. The lowest BCUT2D eigenvalue weighted by atomic mass is 9.94. The fourth-order valence-corrected chi connectivity index (χ4v) is 3.16. The number of likely N-dealkylation sites (tertiary alicyclic amines) is 1. The third-order valence-electron chi connectivity index (χ3n) is 3.39. The molecule has 1 aliphatic rings. The van der Waals surface area contributed by atoms with Gasteiger partial charge in [0.1, 0.15) is 6.33 Å². The van der Waals surface area contributed by atoms with Crippen molar-refractivity contribution in [2.24, 2.45) is 0 Å². The van der Waals surface area contributed by atoms with Crippen LogP contribution in [0, 0.1) is 0 Å². The van der Waals surface area contributed by atoms with Crippen LogP contribution in [0.5, 0.6) is 0 Å². The van der Waals surface area contributed by atoms with E-state index in [2.05, 4.69) is 19.9 Å². The topological polar surface area (TPSA) is 41.9 Å². The van der Waals surface area contributed by atoms with Crippen LogP contribution in [0.15, 0.2) is 30.3 Å². The Morgan fingerprint density at radius 1 is 1.39 bits per heavy atom. The van der Waals surface area contributed by atoms with E-state index >= 15 is 0 Å². The van der Waals surface area contributed by atoms with Gasteiger partial charge in [0.2, 0.25) is 0 Å². The molecule has 0 aromatic carbocycles. The molecule has 0 unspecified atom stereocenters. The van der Waals surface area contributed by atoms with Crippen molar-refractivity contribution in [2.45, 2.75) is 25.3 Å². The van der Waals surface area contributed by atoms with Crippen LogP contribution in [0.1, 0.15) is 29.3 Å². The molecule has 5 heteroatoms. The molecular weight excluding hydrogens is 244 g/mol. The van der Waals surface area contributed by atoms with Gasteiger partial charge in [-0.2, -0.15) is 0 Å². The Balaban J connectivity index is 1.65. The van der Waals surface area contributed by atoms with E-state index in [1.54, 1.807) is 17.7 Å². The van der Waals surface area contributed by atoms with Crippen molar-refractivity contribution in [1.82, 2.24) is 19.9 Å². The molecule has 3 rings (SSSR count). The molecule has 0 bridgehead atoms. The maximum Gasteiger partial charge on any atom is 0.115 e. The summed E-state index contributed by atoms with van der Waals surface area (Å²) in [5.41, 5.74) is 3.08. The Bertz CT molecular complexity index is 471. The highest BCUT2D eigenvalue weighted by Crippen LogP contribution is 2.26. The molecule has 0 saturated carbocycles. The Hall–Kier alpha value is -1.33. The molecular formula is C13H16N4S. The number of piperidine rings is 1. The van der Waals surface area contributed by atoms with Gasteiger partial charge in [-0.25, -0.2) is 9.97 Å². The molecule has 1 aliphatic heterocycles. The van der Waals surface area contributed by atoms with Crippen molar-refractivity contribution in [3.05, 3.63) is 40.9 Å².